The number of hydrogen-bond donors (Lipinski definition) is 1. The van der Waals surface area contributed by atoms with Crippen molar-refractivity contribution in [2.45, 2.75) is 6.04 Å². The Morgan fingerprint density at radius 2 is 1.56 bits per heavy atom. The minimum atomic E-state index is -0.726. The second kappa shape index (κ2) is 6.88. The van der Waals surface area contributed by atoms with E-state index in [4.69, 9.17) is 0 Å². The lowest BCUT2D eigenvalue weighted by molar-refractivity contribution is -0.132. The minimum Gasteiger partial charge on any atom is -0.507 e. The third-order valence-corrected chi connectivity index (χ3v) is 4.53. The zero-order valence-corrected chi connectivity index (χ0v) is 14.3. The molecule has 3 aromatic rings. The molecule has 4 rings (SSSR count). The van der Waals surface area contributed by atoms with Crippen molar-refractivity contribution in [2.24, 2.45) is 0 Å². The van der Waals surface area contributed by atoms with Gasteiger partial charge in [-0.05, 0) is 17.7 Å². The van der Waals surface area contributed by atoms with E-state index in [0.717, 1.165) is 5.56 Å². The fourth-order valence-electron chi connectivity index (χ4n) is 3.30. The maximum atomic E-state index is 12.9. The predicted molar refractivity (Wildman–Crippen MR) is 102 cm³/mol. The van der Waals surface area contributed by atoms with Gasteiger partial charge in [-0.25, -0.2) is 0 Å². The van der Waals surface area contributed by atoms with E-state index in [1.807, 2.05) is 36.4 Å². The summed E-state index contributed by atoms with van der Waals surface area (Å²) in [5.41, 5.74) is 1.79. The number of anilines is 1. The zero-order chi connectivity index (χ0) is 18.8. The highest BCUT2D eigenvalue weighted by Crippen LogP contribution is 2.41. The van der Waals surface area contributed by atoms with Gasteiger partial charge in [0.2, 0.25) is 0 Å². The molecular formula is C22H16N2O3. The number of pyridine rings is 1. The highest BCUT2D eigenvalue weighted by Gasteiger charge is 2.46. The number of carbonyl (C=O) groups excluding carboxylic acids is 2. The summed E-state index contributed by atoms with van der Waals surface area (Å²) < 4.78 is 0. The van der Waals surface area contributed by atoms with E-state index in [9.17, 15) is 14.7 Å². The number of aromatic nitrogens is 1. The van der Waals surface area contributed by atoms with Crippen molar-refractivity contribution in [2.75, 3.05) is 4.90 Å². The van der Waals surface area contributed by atoms with Crippen molar-refractivity contribution in [3.63, 3.8) is 0 Å². The maximum absolute atomic E-state index is 12.9. The number of aliphatic hydroxyl groups is 1. The Kier molecular flexibility index (Phi) is 4.26. The van der Waals surface area contributed by atoms with Crippen LogP contribution in [0.25, 0.3) is 5.76 Å². The average Bonchev–Trinajstić information content (AvgIpc) is 3.00. The lowest BCUT2D eigenvalue weighted by Gasteiger charge is -2.25. The van der Waals surface area contributed by atoms with Crippen LogP contribution in [0.1, 0.15) is 17.2 Å². The van der Waals surface area contributed by atoms with Crippen molar-refractivity contribution in [1.82, 2.24) is 4.98 Å². The minimum absolute atomic E-state index is 0.0706. The summed E-state index contributed by atoms with van der Waals surface area (Å²) in [7, 11) is 0. The lowest BCUT2D eigenvalue weighted by Crippen LogP contribution is -2.29. The van der Waals surface area contributed by atoms with Gasteiger partial charge in [0.1, 0.15) is 5.76 Å². The first-order chi connectivity index (χ1) is 13.2. The lowest BCUT2D eigenvalue weighted by atomic mass is 9.95. The Bertz CT molecular complexity index is 1020. The monoisotopic (exact) mass is 356 g/mol. The van der Waals surface area contributed by atoms with Crippen LogP contribution in [0.2, 0.25) is 0 Å². The van der Waals surface area contributed by atoms with Crippen LogP contribution in [0.15, 0.2) is 90.8 Å². The van der Waals surface area contributed by atoms with E-state index in [-0.39, 0.29) is 11.3 Å². The topological polar surface area (TPSA) is 70.5 Å². The van der Waals surface area contributed by atoms with Crippen LogP contribution < -0.4 is 4.90 Å². The number of ketones is 1. The molecule has 1 aromatic heterocycles. The third-order valence-electron chi connectivity index (χ3n) is 4.53. The second-order valence-electron chi connectivity index (χ2n) is 6.16. The quantitative estimate of drug-likeness (QED) is 0.441. The molecule has 1 saturated heterocycles. The molecular weight excluding hydrogens is 340 g/mol. The van der Waals surface area contributed by atoms with Gasteiger partial charge in [-0.3, -0.25) is 19.5 Å². The molecule has 5 heteroatoms. The average molecular weight is 356 g/mol. The largest absolute Gasteiger partial charge is 0.507 e. The van der Waals surface area contributed by atoms with Crippen molar-refractivity contribution >= 4 is 23.1 Å². The molecule has 0 aliphatic carbocycles. The molecule has 0 unspecified atom stereocenters. The summed E-state index contributed by atoms with van der Waals surface area (Å²) in [6.45, 7) is 0. The Morgan fingerprint density at radius 1 is 0.889 bits per heavy atom. The maximum Gasteiger partial charge on any atom is 0.300 e. The first-order valence-electron chi connectivity index (χ1n) is 8.50. The van der Waals surface area contributed by atoms with Crippen LogP contribution in [-0.2, 0) is 9.59 Å². The Balaban J connectivity index is 1.95. The van der Waals surface area contributed by atoms with Gasteiger partial charge in [-0.15, -0.1) is 0 Å². The van der Waals surface area contributed by atoms with Gasteiger partial charge >= 0.3 is 0 Å². The molecule has 27 heavy (non-hydrogen) atoms. The molecule has 2 heterocycles. The van der Waals surface area contributed by atoms with Gasteiger partial charge in [0.15, 0.2) is 0 Å². The first kappa shape index (κ1) is 16.7. The zero-order valence-electron chi connectivity index (χ0n) is 14.3. The second-order valence-corrected chi connectivity index (χ2v) is 6.16. The van der Waals surface area contributed by atoms with Crippen molar-refractivity contribution < 1.29 is 14.7 Å². The number of aliphatic hydroxyl groups excluding tert-OH is 1. The van der Waals surface area contributed by atoms with Gasteiger partial charge < -0.3 is 5.11 Å². The first-order valence-corrected chi connectivity index (χ1v) is 8.50. The molecule has 132 valence electrons. The number of hydrogen-bond acceptors (Lipinski definition) is 4. The summed E-state index contributed by atoms with van der Waals surface area (Å²) in [6, 6.07) is 20.6. The molecule has 1 aliphatic rings. The number of carbonyl (C=O) groups is 2. The van der Waals surface area contributed by atoms with E-state index < -0.39 is 17.7 Å². The number of rotatable bonds is 3. The molecule has 5 nitrogen and oxygen atoms in total. The SMILES string of the molecule is O=C1C(=O)N(c2cccnc2)[C@@H](c2ccccc2)/C1=C(\O)c1ccccc1. The van der Waals surface area contributed by atoms with Crippen LogP contribution in [0, 0.1) is 0 Å². The van der Waals surface area contributed by atoms with Crippen molar-refractivity contribution in [3.8, 4) is 0 Å². The van der Waals surface area contributed by atoms with Crippen molar-refractivity contribution in [1.29, 1.82) is 0 Å². The Hall–Kier alpha value is -3.73. The van der Waals surface area contributed by atoms with Gasteiger partial charge in [-0.1, -0.05) is 60.7 Å². The van der Waals surface area contributed by atoms with E-state index >= 15 is 0 Å². The van der Waals surface area contributed by atoms with Crippen LogP contribution in [0.3, 0.4) is 0 Å². The van der Waals surface area contributed by atoms with Gasteiger partial charge in [0.25, 0.3) is 11.7 Å². The van der Waals surface area contributed by atoms with E-state index in [2.05, 4.69) is 4.98 Å². The fourth-order valence-corrected chi connectivity index (χ4v) is 3.30. The summed E-state index contributed by atoms with van der Waals surface area (Å²) in [5.74, 6) is -1.59. The molecule has 1 N–H and O–H groups in total. The van der Waals surface area contributed by atoms with Gasteiger partial charge in [-0.2, -0.15) is 0 Å². The molecule has 1 fully saturated rings. The normalized spacial score (nSPS) is 18.7. The van der Waals surface area contributed by atoms with Crippen LogP contribution in [0.4, 0.5) is 5.69 Å². The number of amides is 1. The molecule has 0 radical (unpaired) electrons. The summed E-state index contributed by atoms with van der Waals surface area (Å²) >= 11 is 0. The van der Waals surface area contributed by atoms with Crippen molar-refractivity contribution in [3.05, 3.63) is 102 Å². The smallest absolute Gasteiger partial charge is 0.300 e. The summed E-state index contributed by atoms with van der Waals surface area (Å²) in [5, 5.41) is 10.9. The van der Waals surface area contributed by atoms with E-state index in [0.29, 0.717) is 11.3 Å². The highest BCUT2D eigenvalue weighted by atomic mass is 16.3. The Morgan fingerprint density at radius 3 is 2.19 bits per heavy atom. The van der Waals surface area contributed by atoms with E-state index in [1.54, 1.807) is 42.6 Å². The van der Waals surface area contributed by atoms with Gasteiger partial charge in [0.05, 0.1) is 23.5 Å². The fraction of sp³-hybridized carbons (Fsp3) is 0.0455. The standard InChI is InChI=1S/C22H16N2O3/c25-20(16-10-5-2-6-11-16)18-19(15-8-3-1-4-9-15)24(22(27)21(18)26)17-12-7-13-23-14-17/h1-14,19,25H/b20-18+/t19-/m0/s1. The molecule has 1 atom stereocenters. The molecule has 0 spiro atoms. The van der Waals surface area contributed by atoms with Crippen LogP contribution in [-0.4, -0.2) is 21.8 Å². The predicted octanol–water partition coefficient (Wildman–Crippen LogP) is 3.71. The summed E-state index contributed by atoms with van der Waals surface area (Å²) in [4.78, 5) is 31.1. The Labute approximate surface area is 156 Å². The highest BCUT2D eigenvalue weighted by molar-refractivity contribution is 6.51. The molecule has 2 aromatic carbocycles. The van der Waals surface area contributed by atoms with Crippen LogP contribution >= 0.6 is 0 Å². The molecule has 0 saturated carbocycles. The molecule has 1 aliphatic heterocycles. The number of Topliss-reactive ketones (excluding diaryl/α,β-unsaturated/α-hetero) is 1. The number of nitrogens with zero attached hydrogens (tertiary/aromatic N) is 2. The van der Waals surface area contributed by atoms with Gasteiger partial charge in [0, 0.05) is 11.8 Å². The number of benzene rings is 2. The third kappa shape index (κ3) is 2.89. The van der Waals surface area contributed by atoms with Crippen LogP contribution in [0.5, 0.6) is 0 Å². The molecule has 1 amide bonds. The summed E-state index contributed by atoms with van der Waals surface area (Å²) in [6.07, 6.45) is 3.13. The van der Waals surface area contributed by atoms with E-state index in [1.165, 1.54) is 11.1 Å². The molecule has 0 bridgehead atoms.